The minimum absolute atomic E-state index is 0. The molecule has 0 atom stereocenters. The zero-order valence-electron chi connectivity index (χ0n) is 15.8. The van der Waals surface area contributed by atoms with Gasteiger partial charge in [-0.2, -0.15) is 0 Å². The van der Waals surface area contributed by atoms with Gasteiger partial charge in [0.25, 0.3) is 0 Å². The number of hydrogen-bond donors (Lipinski definition) is 2. The quantitative estimate of drug-likeness (QED) is 0.302. The summed E-state index contributed by atoms with van der Waals surface area (Å²) in [6.07, 6.45) is 20.2. The molecule has 0 heterocycles. The summed E-state index contributed by atoms with van der Waals surface area (Å²) in [5.74, 6) is -0.653. The van der Waals surface area contributed by atoms with Gasteiger partial charge in [-0.3, -0.25) is 4.79 Å². The fourth-order valence-electron chi connectivity index (χ4n) is 2.65. The molecule has 0 saturated carbocycles. The number of rotatable bonds is 16. The van der Waals surface area contributed by atoms with Gasteiger partial charge in [0.15, 0.2) is 0 Å². The zero-order valence-corrected chi connectivity index (χ0v) is 16.8. The standard InChI is InChI=1S/C18H36O2.BHO3.Cu/c1-2-3-4-5-6-7-8-9-10-11-12-13-14-15-16-17-18(19)20;2-1(3)4;/h2-17H2,1H3,(H,19,20);2H;/q;-2;+2. The molecular weight excluding hydrogens is 371 g/mol. The zero-order chi connectivity index (χ0) is 18.5. The summed E-state index contributed by atoms with van der Waals surface area (Å²) in [6, 6.07) is 0. The van der Waals surface area contributed by atoms with Gasteiger partial charge in [0.2, 0.25) is 0 Å². The van der Waals surface area contributed by atoms with E-state index in [1.165, 1.54) is 83.5 Å². The van der Waals surface area contributed by atoms with Crippen LogP contribution in [-0.4, -0.2) is 23.4 Å². The molecule has 0 bridgehead atoms. The van der Waals surface area contributed by atoms with Crippen molar-refractivity contribution >= 4 is 13.3 Å². The summed E-state index contributed by atoms with van der Waals surface area (Å²) in [5.41, 5.74) is 0. The fraction of sp³-hybridized carbons (Fsp3) is 0.944. The predicted molar refractivity (Wildman–Crippen MR) is 95.2 cm³/mol. The first kappa shape index (κ1) is 29.7. The van der Waals surface area contributed by atoms with Crippen LogP contribution in [0.1, 0.15) is 110 Å². The number of carbonyl (C=O) groups is 1. The molecule has 0 aromatic rings. The first-order valence-corrected chi connectivity index (χ1v) is 9.72. The minimum Gasteiger partial charge on any atom is -0.871 e. The summed E-state index contributed by atoms with van der Waals surface area (Å²) in [4.78, 5) is 10.3. The Morgan fingerprint density at radius 3 is 1.20 bits per heavy atom. The minimum atomic E-state index is -2.67. The van der Waals surface area contributed by atoms with Crippen molar-refractivity contribution in [1.29, 1.82) is 0 Å². The molecule has 0 aromatic heterocycles. The summed E-state index contributed by atoms with van der Waals surface area (Å²) in [6.45, 7) is 2.27. The van der Waals surface area contributed by atoms with Crippen LogP contribution < -0.4 is 10.0 Å². The maximum atomic E-state index is 10.3. The summed E-state index contributed by atoms with van der Waals surface area (Å²) >= 11 is 0. The number of unbranched alkanes of at least 4 members (excludes halogenated alkanes) is 14. The van der Waals surface area contributed by atoms with Crippen LogP contribution in [0, 0.1) is 0 Å². The normalized spacial score (nSPS) is 9.76. The van der Waals surface area contributed by atoms with Gasteiger partial charge >= 0.3 is 23.0 Å². The molecule has 0 rings (SSSR count). The molecule has 0 fully saturated rings. The van der Waals surface area contributed by atoms with Crippen molar-refractivity contribution in [3.63, 3.8) is 0 Å². The van der Waals surface area contributed by atoms with E-state index < -0.39 is 13.3 Å². The Hall–Kier alpha value is -0.0656. The molecule has 1 radical (unpaired) electrons. The Bertz CT molecular complexity index is 253. The molecule has 0 aliphatic carbocycles. The second-order valence-corrected chi connectivity index (χ2v) is 6.40. The van der Waals surface area contributed by atoms with Crippen molar-refractivity contribution in [2.75, 3.05) is 0 Å². The SMILES string of the molecule is CCCCCCCCCCCCCCCCCC(=O)O.[Cu+2].[O-]B([O-])O. The van der Waals surface area contributed by atoms with E-state index in [1.807, 2.05) is 0 Å². The summed E-state index contributed by atoms with van der Waals surface area (Å²) in [5, 5.41) is 32.5. The fourth-order valence-corrected chi connectivity index (χ4v) is 2.65. The van der Waals surface area contributed by atoms with Gasteiger partial charge in [0.05, 0.1) is 7.32 Å². The van der Waals surface area contributed by atoms with Crippen molar-refractivity contribution in [3.05, 3.63) is 0 Å². The van der Waals surface area contributed by atoms with Crippen molar-refractivity contribution in [2.45, 2.75) is 110 Å². The van der Waals surface area contributed by atoms with Crippen LogP contribution in [0.5, 0.6) is 0 Å². The molecule has 5 nitrogen and oxygen atoms in total. The van der Waals surface area contributed by atoms with E-state index in [0.29, 0.717) is 6.42 Å². The molecule has 0 aliphatic heterocycles. The molecule has 0 aliphatic rings. The van der Waals surface area contributed by atoms with Crippen LogP contribution in [0.4, 0.5) is 0 Å². The second-order valence-electron chi connectivity index (χ2n) is 6.40. The Balaban J connectivity index is -0.000000867. The van der Waals surface area contributed by atoms with E-state index in [-0.39, 0.29) is 17.1 Å². The van der Waals surface area contributed by atoms with Crippen LogP contribution in [-0.2, 0) is 21.9 Å². The van der Waals surface area contributed by atoms with Crippen molar-refractivity contribution < 1.29 is 42.0 Å². The number of hydrogen-bond acceptors (Lipinski definition) is 4. The second kappa shape index (κ2) is 26.2. The van der Waals surface area contributed by atoms with Crippen LogP contribution in [0.15, 0.2) is 0 Å². The largest absolute Gasteiger partial charge is 2.00 e. The van der Waals surface area contributed by atoms with Gasteiger partial charge in [-0.1, -0.05) is 96.8 Å². The first-order valence-electron chi connectivity index (χ1n) is 9.72. The van der Waals surface area contributed by atoms with Crippen LogP contribution in [0.3, 0.4) is 0 Å². The van der Waals surface area contributed by atoms with Gasteiger partial charge in [0, 0.05) is 6.42 Å². The molecule has 7 heteroatoms. The van der Waals surface area contributed by atoms with E-state index >= 15 is 0 Å². The molecular formula is C18H37BCuO5. The third kappa shape index (κ3) is 40.2. The van der Waals surface area contributed by atoms with Crippen molar-refractivity contribution in [1.82, 2.24) is 0 Å². The van der Waals surface area contributed by atoms with Gasteiger partial charge < -0.3 is 20.2 Å². The predicted octanol–water partition coefficient (Wildman–Crippen LogP) is 3.01. The molecule has 0 saturated heterocycles. The number of carboxylic acid groups (broad SMARTS) is 1. The molecule has 0 aromatic carbocycles. The van der Waals surface area contributed by atoms with E-state index in [0.717, 1.165) is 12.8 Å². The molecule has 0 unspecified atom stereocenters. The molecule has 0 spiro atoms. The van der Waals surface area contributed by atoms with Crippen LogP contribution in [0.2, 0.25) is 0 Å². The number of aliphatic carboxylic acids is 1. The van der Waals surface area contributed by atoms with Gasteiger partial charge in [-0.15, -0.1) is 0 Å². The van der Waals surface area contributed by atoms with E-state index in [1.54, 1.807) is 0 Å². The summed E-state index contributed by atoms with van der Waals surface area (Å²) in [7, 11) is -2.67. The van der Waals surface area contributed by atoms with Crippen LogP contribution in [0.25, 0.3) is 0 Å². The Morgan fingerprint density at radius 1 is 0.720 bits per heavy atom. The first-order chi connectivity index (χ1) is 11.5. The van der Waals surface area contributed by atoms with E-state index in [4.69, 9.17) is 20.2 Å². The Labute approximate surface area is 165 Å². The average molecular weight is 408 g/mol. The molecule has 25 heavy (non-hydrogen) atoms. The van der Waals surface area contributed by atoms with E-state index in [2.05, 4.69) is 6.92 Å². The van der Waals surface area contributed by atoms with Crippen molar-refractivity contribution in [2.24, 2.45) is 0 Å². The van der Waals surface area contributed by atoms with E-state index in [9.17, 15) is 4.79 Å². The maximum Gasteiger partial charge on any atom is 2.00 e. The van der Waals surface area contributed by atoms with Crippen molar-refractivity contribution in [3.8, 4) is 0 Å². The van der Waals surface area contributed by atoms with Crippen LogP contribution >= 0.6 is 0 Å². The maximum absolute atomic E-state index is 10.3. The smallest absolute Gasteiger partial charge is 0.871 e. The monoisotopic (exact) mass is 407 g/mol. The molecule has 2 N–H and O–H groups in total. The third-order valence-electron chi connectivity index (χ3n) is 3.99. The topological polar surface area (TPSA) is 104 Å². The van der Waals surface area contributed by atoms with Gasteiger partial charge in [-0.05, 0) is 6.42 Å². The third-order valence-corrected chi connectivity index (χ3v) is 3.99. The summed E-state index contributed by atoms with van der Waals surface area (Å²) < 4.78 is 0. The Morgan fingerprint density at radius 2 is 0.960 bits per heavy atom. The molecule has 153 valence electrons. The van der Waals surface area contributed by atoms with Gasteiger partial charge in [0.1, 0.15) is 0 Å². The average Bonchev–Trinajstić information content (AvgIpc) is 2.50. The van der Waals surface area contributed by atoms with Gasteiger partial charge in [-0.25, -0.2) is 0 Å². The number of carboxylic acids is 1. The Kier molecular flexibility index (Phi) is 31.1. The molecule has 0 amide bonds.